The molecule has 0 bridgehead atoms. The van der Waals surface area contributed by atoms with Crippen molar-refractivity contribution in [1.82, 2.24) is 10.5 Å². The van der Waals surface area contributed by atoms with Crippen LogP contribution in [0.1, 0.15) is 51.0 Å². The van der Waals surface area contributed by atoms with E-state index in [1.807, 2.05) is 13.0 Å². The van der Waals surface area contributed by atoms with Crippen LogP contribution in [-0.2, 0) is 6.54 Å². The van der Waals surface area contributed by atoms with Crippen LogP contribution in [0.5, 0.6) is 0 Å². The molecule has 1 aromatic rings. The molecule has 0 spiro atoms. The Hall–Kier alpha value is -1.05. The minimum Gasteiger partial charge on any atom is -0.370 e. The number of aromatic nitrogens is 1. The maximum absolute atomic E-state index is 5.72. The van der Waals surface area contributed by atoms with Gasteiger partial charge in [-0.1, -0.05) is 31.2 Å². The number of aliphatic imine (C=N–C) groups is 1. The molecular formula is C14H25IN4O. The van der Waals surface area contributed by atoms with Crippen molar-refractivity contribution in [3.05, 3.63) is 29.7 Å². The normalized spacial score (nSPS) is 11.3. The van der Waals surface area contributed by atoms with Crippen molar-refractivity contribution in [2.75, 3.05) is 6.54 Å². The molecule has 114 valence electrons. The largest absolute Gasteiger partial charge is 0.370 e. The highest BCUT2D eigenvalue weighted by molar-refractivity contribution is 14.0. The summed E-state index contributed by atoms with van der Waals surface area (Å²) in [5.41, 5.74) is 7.74. The number of nitrogens with two attached hydrogens (primary N) is 1. The van der Waals surface area contributed by atoms with Crippen molar-refractivity contribution in [1.29, 1.82) is 0 Å². The molecule has 5 nitrogen and oxygen atoms in total. The third-order valence-electron chi connectivity index (χ3n) is 2.96. The molecule has 0 radical (unpaired) electrons. The Kier molecular flexibility index (Phi) is 9.28. The van der Waals surface area contributed by atoms with Crippen LogP contribution in [0.3, 0.4) is 0 Å². The number of nitrogens with zero attached hydrogens (tertiary/aromatic N) is 2. The van der Waals surface area contributed by atoms with E-state index in [4.69, 9.17) is 10.3 Å². The molecule has 0 unspecified atom stereocenters. The maximum atomic E-state index is 5.72. The molecule has 1 aromatic heterocycles. The highest BCUT2D eigenvalue weighted by atomic mass is 127. The second-order valence-electron chi connectivity index (χ2n) is 4.74. The zero-order valence-electron chi connectivity index (χ0n) is 12.5. The van der Waals surface area contributed by atoms with Crippen LogP contribution in [0, 0.1) is 0 Å². The summed E-state index contributed by atoms with van der Waals surface area (Å²) in [6.07, 6.45) is 2.13. The number of hydrogen-bond acceptors (Lipinski definition) is 3. The maximum Gasteiger partial charge on any atom is 0.189 e. The Morgan fingerprint density at radius 3 is 2.70 bits per heavy atom. The lowest BCUT2D eigenvalue weighted by Gasteiger charge is -2.05. The first-order valence-electron chi connectivity index (χ1n) is 6.70. The standard InChI is InChI=1S/C14H24N4O.HI/c1-5-11(6-2)13-7-12(19-18-13)9-17-14(15)16-8-10(3)4;/h7,11H,3,5-6,8-9H2,1-2,4H3,(H3,15,16,17);1H. The summed E-state index contributed by atoms with van der Waals surface area (Å²) in [6, 6.07) is 1.97. The first-order chi connectivity index (χ1) is 9.06. The molecule has 1 heterocycles. The molecular weight excluding hydrogens is 367 g/mol. The number of hydrogen-bond donors (Lipinski definition) is 2. The van der Waals surface area contributed by atoms with E-state index in [9.17, 15) is 0 Å². The average Bonchev–Trinajstić information content (AvgIpc) is 2.84. The third kappa shape index (κ3) is 6.40. The molecule has 1 rings (SSSR count). The Morgan fingerprint density at radius 1 is 1.50 bits per heavy atom. The monoisotopic (exact) mass is 392 g/mol. The molecule has 0 fully saturated rings. The number of guanidine groups is 1. The fourth-order valence-corrected chi connectivity index (χ4v) is 1.76. The third-order valence-corrected chi connectivity index (χ3v) is 2.96. The van der Waals surface area contributed by atoms with Crippen molar-refractivity contribution >= 4 is 29.9 Å². The predicted octanol–water partition coefficient (Wildman–Crippen LogP) is 3.18. The van der Waals surface area contributed by atoms with E-state index in [0.29, 0.717) is 25.0 Å². The fourth-order valence-electron chi connectivity index (χ4n) is 1.76. The van der Waals surface area contributed by atoms with Crippen LogP contribution < -0.4 is 11.1 Å². The molecule has 0 saturated carbocycles. The average molecular weight is 392 g/mol. The zero-order valence-corrected chi connectivity index (χ0v) is 14.8. The summed E-state index contributed by atoms with van der Waals surface area (Å²) in [5, 5.41) is 7.06. The lowest BCUT2D eigenvalue weighted by molar-refractivity contribution is 0.372. The zero-order chi connectivity index (χ0) is 14.3. The van der Waals surface area contributed by atoms with Gasteiger partial charge in [-0.2, -0.15) is 0 Å². The van der Waals surface area contributed by atoms with Gasteiger partial charge in [-0.3, -0.25) is 0 Å². The number of rotatable bonds is 7. The van der Waals surface area contributed by atoms with Crippen molar-refractivity contribution in [3.8, 4) is 0 Å². The second kappa shape index (κ2) is 9.79. The van der Waals surface area contributed by atoms with E-state index < -0.39 is 0 Å². The van der Waals surface area contributed by atoms with Crippen LogP contribution in [0.25, 0.3) is 0 Å². The summed E-state index contributed by atoms with van der Waals surface area (Å²) >= 11 is 0. The van der Waals surface area contributed by atoms with Gasteiger partial charge >= 0.3 is 0 Å². The first-order valence-corrected chi connectivity index (χ1v) is 6.70. The van der Waals surface area contributed by atoms with Gasteiger partial charge in [0.2, 0.25) is 0 Å². The molecule has 0 amide bonds. The molecule has 0 aliphatic rings. The predicted molar refractivity (Wildman–Crippen MR) is 93.4 cm³/mol. The lowest BCUT2D eigenvalue weighted by Crippen LogP contribution is -2.32. The highest BCUT2D eigenvalue weighted by Gasteiger charge is 2.12. The van der Waals surface area contributed by atoms with Gasteiger partial charge in [0, 0.05) is 18.5 Å². The van der Waals surface area contributed by atoms with Crippen molar-refractivity contribution in [2.24, 2.45) is 10.7 Å². The van der Waals surface area contributed by atoms with E-state index in [-0.39, 0.29) is 24.0 Å². The van der Waals surface area contributed by atoms with Crippen molar-refractivity contribution < 1.29 is 4.52 Å². The molecule has 0 aliphatic carbocycles. The highest BCUT2D eigenvalue weighted by Crippen LogP contribution is 2.22. The number of nitrogens with one attached hydrogen (secondary N) is 1. The van der Waals surface area contributed by atoms with Gasteiger partial charge in [0.15, 0.2) is 11.7 Å². The summed E-state index contributed by atoms with van der Waals surface area (Å²) in [4.78, 5) is 4.20. The molecule has 0 saturated heterocycles. The van der Waals surface area contributed by atoms with Crippen LogP contribution in [-0.4, -0.2) is 17.7 Å². The van der Waals surface area contributed by atoms with Crippen LogP contribution in [0.2, 0.25) is 0 Å². The van der Waals surface area contributed by atoms with Crippen LogP contribution in [0.4, 0.5) is 0 Å². The molecule has 20 heavy (non-hydrogen) atoms. The summed E-state index contributed by atoms with van der Waals surface area (Å²) < 4.78 is 5.27. The van der Waals surface area contributed by atoms with Gasteiger partial charge in [0.05, 0.1) is 5.69 Å². The smallest absolute Gasteiger partial charge is 0.189 e. The Morgan fingerprint density at radius 2 is 2.15 bits per heavy atom. The molecule has 0 aliphatic heterocycles. The molecule has 6 heteroatoms. The SMILES string of the molecule is C=C(C)CNC(N)=NCc1cc(C(CC)CC)no1.I. The van der Waals surface area contributed by atoms with Crippen LogP contribution >= 0.6 is 24.0 Å². The fraction of sp³-hybridized carbons (Fsp3) is 0.571. The lowest BCUT2D eigenvalue weighted by atomic mass is 9.99. The first kappa shape index (κ1) is 18.9. The number of halogens is 1. The van der Waals surface area contributed by atoms with E-state index in [0.717, 1.165) is 29.9 Å². The summed E-state index contributed by atoms with van der Waals surface area (Å²) in [6.45, 7) is 11.1. The minimum absolute atomic E-state index is 0. The topological polar surface area (TPSA) is 76.4 Å². The molecule has 0 atom stereocenters. The minimum atomic E-state index is 0. The van der Waals surface area contributed by atoms with Gasteiger partial charge in [-0.05, 0) is 19.8 Å². The van der Waals surface area contributed by atoms with E-state index in [2.05, 4.69) is 35.9 Å². The van der Waals surface area contributed by atoms with Gasteiger partial charge in [-0.15, -0.1) is 24.0 Å². The van der Waals surface area contributed by atoms with Gasteiger partial charge < -0.3 is 15.6 Å². The Labute approximate surface area is 138 Å². The van der Waals surface area contributed by atoms with Gasteiger partial charge in [0.1, 0.15) is 6.54 Å². The summed E-state index contributed by atoms with van der Waals surface area (Å²) in [7, 11) is 0. The van der Waals surface area contributed by atoms with E-state index in [1.54, 1.807) is 0 Å². The van der Waals surface area contributed by atoms with Gasteiger partial charge in [-0.25, -0.2) is 4.99 Å². The van der Waals surface area contributed by atoms with Crippen molar-refractivity contribution in [3.63, 3.8) is 0 Å². The van der Waals surface area contributed by atoms with E-state index in [1.165, 1.54) is 0 Å². The molecule has 0 aromatic carbocycles. The van der Waals surface area contributed by atoms with Crippen LogP contribution in [0.15, 0.2) is 27.7 Å². The Balaban J connectivity index is 0.00000361. The summed E-state index contributed by atoms with van der Waals surface area (Å²) in [5.74, 6) is 1.59. The Bertz CT molecular complexity index is 438. The second-order valence-corrected chi connectivity index (χ2v) is 4.74. The van der Waals surface area contributed by atoms with Gasteiger partial charge in [0.25, 0.3) is 0 Å². The molecule has 3 N–H and O–H groups in total. The van der Waals surface area contributed by atoms with E-state index >= 15 is 0 Å². The van der Waals surface area contributed by atoms with Crippen molar-refractivity contribution in [2.45, 2.75) is 46.1 Å². The quantitative estimate of drug-likeness (QED) is 0.324.